The fourth-order valence-electron chi connectivity index (χ4n) is 2.29. The van der Waals surface area contributed by atoms with Crippen LogP contribution in [0.15, 0.2) is 16.6 Å². The fourth-order valence-corrected chi connectivity index (χ4v) is 2.80. The zero-order valence-electron chi connectivity index (χ0n) is 12.4. The molecule has 1 unspecified atom stereocenters. The van der Waals surface area contributed by atoms with Crippen LogP contribution in [0.4, 0.5) is 0 Å². The average Bonchev–Trinajstić information content (AvgIpc) is 3.19. The summed E-state index contributed by atoms with van der Waals surface area (Å²) in [6, 6.07) is 4.01. The van der Waals surface area contributed by atoms with Gasteiger partial charge in [0, 0.05) is 13.2 Å². The van der Waals surface area contributed by atoms with E-state index in [2.05, 4.69) is 26.2 Å². The van der Waals surface area contributed by atoms with E-state index in [-0.39, 0.29) is 6.10 Å². The average molecular weight is 354 g/mol. The lowest BCUT2D eigenvalue weighted by Gasteiger charge is -2.15. The molecule has 3 rings (SSSR count). The predicted octanol–water partition coefficient (Wildman–Crippen LogP) is 3.41. The summed E-state index contributed by atoms with van der Waals surface area (Å²) in [7, 11) is 0. The molecule has 0 radical (unpaired) electrons. The second-order valence-corrected chi connectivity index (χ2v) is 6.34. The summed E-state index contributed by atoms with van der Waals surface area (Å²) in [4.78, 5) is 0. The first-order valence-electron chi connectivity index (χ1n) is 7.45. The van der Waals surface area contributed by atoms with Gasteiger partial charge >= 0.3 is 0 Å². The molecule has 1 saturated carbocycles. The van der Waals surface area contributed by atoms with Crippen molar-refractivity contribution in [2.75, 3.05) is 13.2 Å². The number of hydrogen-bond acceptors (Lipinski definition) is 4. The first kappa shape index (κ1) is 14.8. The standard InChI is InChI=1S/C15H20BrN3O2/c1-3-20-9-10(2)21-13-7-6-12-15(14(13)16)17-18-19(12)8-11-4-5-11/h6-7,10-11H,3-5,8-9H2,1-2H3. The Labute approximate surface area is 132 Å². The first-order chi connectivity index (χ1) is 10.2. The van der Waals surface area contributed by atoms with Crippen molar-refractivity contribution >= 4 is 27.0 Å². The lowest BCUT2D eigenvalue weighted by molar-refractivity contribution is 0.0654. The molecule has 0 N–H and O–H groups in total. The molecule has 21 heavy (non-hydrogen) atoms. The van der Waals surface area contributed by atoms with Gasteiger partial charge in [-0.25, -0.2) is 4.68 Å². The monoisotopic (exact) mass is 353 g/mol. The molecular weight excluding hydrogens is 334 g/mol. The van der Waals surface area contributed by atoms with Crippen molar-refractivity contribution in [2.45, 2.75) is 39.3 Å². The number of fused-ring (bicyclic) bond motifs is 1. The number of nitrogens with zero attached hydrogens (tertiary/aromatic N) is 3. The molecular formula is C15H20BrN3O2. The highest BCUT2D eigenvalue weighted by Crippen LogP contribution is 2.35. The highest BCUT2D eigenvalue weighted by Gasteiger charge is 2.24. The molecule has 1 atom stereocenters. The Morgan fingerprint density at radius 1 is 1.43 bits per heavy atom. The lowest BCUT2D eigenvalue weighted by atomic mass is 10.3. The first-order valence-corrected chi connectivity index (χ1v) is 8.24. The van der Waals surface area contributed by atoms with Crippen molar-refractivity contribution in [3.8, 4) is 5.75 Å². The Morgan fingerprint density at radius 3 is 2.95 bits per heavy atom. The van der Waals surface area contributed by atoms with E-state index in [1.165, 1.54) is 12.8 Å². The number of rotatable bonds is 7. The third-order valence-electron chi connectivity index (χ3n) is 3.60. The molecule has 0 saturated heterocycles. The number of halogens is 1. The molecule has 1 aliphatic rings. The van der Waals surface area contributed by atoms with Gasteiger partial charge in [-0.2, -0.15) is 0 Å². The topological polar surface area (TPSA) is 49.2 Å². The summed E-state index contributed by atoms with van der Waals surface area (Å²) in [6.07, 6.45) is 2.61. The maximum absolute atomic E-state index is 5.91. The van der Waals surface area contributed by atoms with Crippen LogP contribution in [0.25, 0.3) is 11.0 Å². The van der Waals surface area contributed by atoms with Crippen LogP contribution in [0.1, 0.15) is 26.7 Å². The molecule has 0 amide bonds. The molecule has 1 fully saturated rings. The highest BCUT2D eigenvalue weighted by molar-refractivity contribution is 9.10. The number of aromatic nitrogens is 3. The van der Waals surface area contributed by atoms with E-state index < -0.39 is 0 Å². The molecule has 1 aliphatic carbocycles. The maximum atomic E-state index is 5.91. The number of hydrogen-bond donors (Lipinski definition) is 0. The fraction of sp³-hybridized carbons (Fsp3) is 0.600. The highest BCUT2D eigenvalue weighted by atomic mass is 79.9. The Kier molecular flexibility index (Phi) is 4.45. The van der Waals surface area contributed by atoms with Gasteiger partial charge < -0.3 is 9.47 Å². The third kappa shape index (κ3) is 3.37. The predicted molar refractivity (Wildman–Crippen MR) is 84.5 cm³/mol. The zero-order chi connectivity index (χ0) is 14.8. The van der Waals surface area contributed by atoms with Crippen molar-refractivity contribution in [3.63, 3.8) is 0 Å². The smallest absolute Gasteiger partial charge is 0.136 e. The molecule has 0 spiro atoms. The van der Waals surface area contributed by atoms with Crippen molar-refractivity contribution in [3.05, 3.63) is 16.6 Å². The minimum Gasteiger partial charge on any atom is -0.487 e. The van der Waals surface area contributed by atoms with Crippen LogP contribution >= 0.6 is 15.9 Å². The second kappa shape index (κ2) is 6.32. The molecule has 5 nitrogen and oxygen atoms in total. The largest absolute Gasteiger partial charge is 0.487 e. The number of benzene rings is 1. The molecule has 114 valence electrons. The third-order valence-corrected chi connectivity index (χ3v) is 4.37. The minimum atomic E-state index is 0.000193. The van der Waals surface area contributed by atoms with Crippen LogP contribution in [0.2, 0.25) is 0 Å². The molecule has 6 heteroatoms. The lowest BCUT2D eigenvalue weighted by Crippen LogP contribution is -2.19. The van der Waals surface area contributed by atoms with Gasteiger partial charge in [-0.3, -0.25) is 0 Å². The molecule has 1 aromatic heterocycles. The zero-order valence-corrected chi connectivity index (χ0v) is 14.0. The van der Waals surface area contributed by atoms with E-state index >= 15 is 0 Å². The molecule has 2 aromatic rings. The maximum Gasteiger partial charge on any atom is 0.136 e. The van der Waals surface area contributed by atoms with E-state index in [0.717, 1.165) is 33.7 Å². The Morgan fingerprint density at radius 2 is 2.24 bits per heavy atom. The summed E-state index contributed by atoms with van der Waals surface area (Å²) < 4.78 is 14.1. The van der Waals surface area contributed by atoms with Gasteiger partial charge in [-0.15, -0.1) is 5.10 Å². The van der Waals surface area contributed by atoms with Crippen LogP contribution in [-0.4, -0.2) is 34.3 Å². The summed E-state index contributed by atoms with van der Waals surface area (Å²) in [5.74, 6) is 1.56. The van der Waals surface area contributed by atoms with Crippen molar-refractivity contribution in [1.82, 2.24) is 15.0 Å². The van der Waals surface area contributed by atoms with Crippen LogP contribution in [0.3, 0.4) is 0 Å². The van der Waals surface area contributed by atoms with Crippen LogP contribution < -0.4 is 4.74 Å². The van der Waals surface area contributed by atoms with Crippen LogP contribution in [-0.2, 0) is 11.3 Å². The summed E-state index contributed by atoms with van der Waals surface area (Å²) in [5, 5.41) is 8.55. The second-order valence-electron chi connectivity index (χ2n) is 5.55. The molecule has 0 bridgehead atoms. The van der Waals surface area contributed by atoms with Crippen LogP contribution in [0, 0.1) is 5.92 Å². The SMILES string of the molecule is CCOCC(C)Oc1ccc2c(nnn2CC2CC2)c1Br. The van der Waals surface area contributed by atoms with Crippen LogP contribution in [0.5, 0.6) is 5.75 Å². The van der Waals surface area contributed by atoms with Gasteiger partial charge in [-0.1, -0.05) is 5.21 Å². The Balaban J connectivity index is 1.79. The van der Waals surface area contributed by atoms with Gasteiger partial charge in [0.15, 0.2) is 0 Å². The van der Waals surface area contributed by atoms with Crippen molar-refractivity contribution < 1.29 is 9.47 Å². The number of ether oxygens (including phenoxy) is 2. The van der Waals surface area contributed by atoms with Gasteiger partial charge in [0.25, 0.3) is 0 Å². The van der Waals surface area contributed by atoms with E-state index in [1.807, 2.05) is 30.7 Å². The summed E-state index contributed by atoms with van der Waals surface area (Å²) in [5.41, 5.74) is 1.91. The minimum absolute atomic E-state index is 0.000193. The normalized spacial score (nSPS) is 16.3. The van der Waals surface area contributed by atoms with Crippen molar-refractivity contribution in [2.24, 2.45) is 5.92 Å². The van der Waals surface area contributed by atoms with E-state index in [0.29, 0.717) is 13.2 Å². The summed E-state index contributed by atoms with van der Waals surface area (Å²) >= 11 is 3.59. The molecule has 1 aromatic carbocycles. The van der Waals surface area contributed by atoms with Gasteiger partial charge in [0.1, 0.15) is 17.4 Å². The quantitative estimate of drug-likeness (QED) is 0.765. The Bertz CT molecular complexity index is 625. The van der Waals surface area contributed by atoms with Gasteiger partial charge in [0.2, 0.25) is 0 Å². The Hall–Kier alpha value is -1.14. The van der Waals surface area contributed by atoms with E-state index in [9.17, 15) is 0 Å². The van der Waals surface area contributed by atoms with Crippen molar-refractivity contribution in [1.29, 1.82) is 0 Å². The molecule has 0 aliphatic heterocycles. The van der Waals surface area contributed by atoms with Gasteiger partial charge in [-0.05, 0) is 60.7 Å². The van der Waals surface area contributed by atoms with Gasteiger partial charge in [0.05, 0.1) is 16.6 Å². The van der Waals surface area contributed by atoms with E-state index in [1.54, 1.807) is 0 Å². The summed E-state index contributed by atoms with van der Waals surface area (Å²) in [6.45, 7) is 6.21. The molecule has 1 heterocycles. The van der Waals surface area contributed by atoms with E-state index in [4.69, 9.17) is 9.47 Å².